The first kappa shape index (κ1) is 11.8. The van der Waals surface area contributed by atoms with E-state index in [0.717, 1.165) is 5.39 Å². The Morgan fingerprint density at radius 1 is 0.895 bits per heavy atom. The van der Waals surface area contributed by atoms with E-state index in [1.54, 1.807) is 30.5 Å². The lowest BCUT2D eigenvalue weighted by atomic mass is 9.98. The predicted molar refractivity (Wildman–Crippen MR) is 72.2 cm³/mol. The van der Waals surface area contributed by atoms with Crippen LogP contribution in [0.25, 0.3) is 10.9 Å². The molecule has 0 saturated carbocycles. The van der Waals surface area contributed by atoms with Crippen LogP contribution in [-0.2, 0) is 0 Å². The smallest absolute Gasteiger partial charge is 0.129 e. The van der Waals surface area contributed by atoms with Crippen LogP contribution in [0.5, 0.6) is 0 Å². The summed E-state index contributed by atoms with van der Waals surface area (Å²) in [5, 5.41) is 11.3. The summed E-state index contributed by atoms with van der Waals surface area (Å²) in [7, 11) is 0. The molecular weight excluding hydrogens is 241 g/mol. The third-order valence-corrected chi connectivity index (χ3v) is 3.16. The van der Waals surface area contributed by atoms with Gasteiger partial charge in [0, 0.05) is 22.7 Å². The highest BCUT2D eigenvalue weighted by atomic mass is 19.1. The Morgan fingerprint density at radius 2 is 1.63 bits per heavy atom. The van der Waals surface area contributed by atoms with Gasteiger partial charge in [-0.2, -0.15) is 0 Å². The van der Waals surface area contributed by atoms with E-state index in [1.807, 2.05) is 24.3 Å². The zero-order valence-electron chi connectivity index (χ0n) is 10.1. The van der Waals surface area contributed by atoms with Gasteiger partial charge in [-0.15, -0.1) is 0 Å². The molecule has 1 unspecified atom stereocenters. The molecule has 3 aromatic rings. The van der Waals surface area contributed by atoms with Crippen LogP contribution in [0.2, 0.25) is 0 Å². The van der Waals surface area contributed by atoms with Gasteiger partial charge in [0.15, 0.2) is 0 Å². The predicted octanol–water partition coefficient (Wildman–Crippen LogP) is 3.46. The standard InChI is InChI=1S/C16H12FNO/c17-14-9-2-1-7-12(14)16(19)13-8-3-5-11-6-4-10-18-15(11)13/h1-10,16,19H. The van der Waals surface area contributed by atoms with Gasteiger partial charge >= 0.3 is 0 Å². The van der Waals surface area contributed by atoms with Crippen molar-refractivity contribution in [2.45, 2.75) is 6.10 Å². The quantitative estimate of drug-likeness (QED) is 0.758. The average Bonchev–Trinajstić information content (AvgIpc) is 2.46. The largest absolute Gasteiger partial charge is 0.383 e. The first-order valence-electron chi connectivity index (χ1n) is 6.03. The number of hydrogen-bond acceptors (Lipinski definition) is 2. The molecule has 0 aliphatic rings. The molecule has 3 heteroatoms. The molecule has 1 N–H and O–H groups in total. The molecule has 0 aliphatic carbocycles. The van der Waals surface area contributed by atoms with Crippen LogP contribution in [0.1, 0.15) is 17.2 Å². The number of para-hydroxylation sites is 1. The summed E-state index contributed by atoms with van der Waals surface area (Å²) in [6, 6.07) is 15.5. The highest BCUT2D eigenvalue weighted by Crippen LogP contribution is 2.28. The van der Waals surface area contributed by atoms with Crippen LogP contribution in [0.4, 0.5) is 4.39 Å². The van der Waals surface area contributed by atoms with E-state index in [9.17, 15) is 9.50 Å². The Kier molecular flexibility index (Phi) is 2.97. The second-order valence-corrected chi connectivity index (χ2v) is 4.35. The lowest BCUT2D eigenvalue weighted by Crippen LogP contribution is -2.03. The molecule has 0 fully saturated rings. The summed E-state index contributed by atoms with van der Waals surface area (Å²) in [5.41, 5.74) is 1.57. The minimum atomic E-state index is -1.01. The zero-order chi connectivity index (χ0) is 13.2. The number of fused-ring (bicyclic) bond motifs is 1. The molecule has 1 heterocycles. The summed E-state index contributed by atoms with van der Waals surface area (Å²) in [5.74, 6) is -0.414. The van der Waals surface area contributed by atoms with Crippen LogP contribution in [-0.4, -0.2) is 10.1 Å². The Morgan fingerprint density at radius 3 is 2.47 bits per heavy atom. The second kappa shape index (κ2) is 4.78. The van der Waals surface area contributed by atoms with E-state index in [4.69, 9.17) is 0 Å². The number of aromatic nitrogens is 1. The topological polar surface area (TPSA) is 33.1 Å². The lowest BCUT2D eigenvalue weighted by Gasteiger charge is -2.14. The van der Waals surface area contributed by atoms with Crippen molar-refractivity contribution in [2.75, 3.05) is 0 Å². The highest BCUT2D eigenvalue weighted by molar-refractivity contribution is 5.82. The van der Waals surface area contributed by atoms with E-state index >= 15 is 0 Å². The molecule has 0 amide bonds. The van der Waals surface area contributed by atoms with Gasteiger partial charge in [-0.3, -0.25) is 4.98 Å². The maximum atomic E-state index is 13.7. The van der Waals surface area contributed by atoms with Crippen molar-refractivity contribution in [3.63, 3.8) is 0 Å². The van der Waals surface area contributed by atoms with E-state index in [1.165, 1.54) is 6.07 Å². The van der Waals surface area contributed by atoms with Crippen LogP contribution in [0, 0.1) is 5.82 Å². The highest BCUT2D eigenvalue weighted by Gasteiger charge is 2.17. The Bertz CT molecular complexity index is 721. The van der Waals surface area contributed by atoms with E-state index in [2.05, 4.69) is 4.98 Å². The van der Waals surface area contributed by atoms with Gasteiger partial charge in [0.05, 0.1) is 5.52 Å². The fourth-order valence-electron chi connectivity index (χ4n) is 2.21. The molecular formula is C16H12FNO. The molecule has 0 bridgehead atoms. The van der Waals surface area contributed by atoms with Crippen molar-refractivity contribution in [3.8, 4) is 0 Å². The number of nitrogens with zero attached hydrogens (tertiary/aromatic N) is 1. The van der Waals surface area contributed by atoms with E-state index in [-0.39, 0.29) is 5.56 Å². The lowest BCUT2D eigenvalue weighted by molar-refractivity contribution is 0.216. The van der Waals surface area contributed by atoms with Crippen molar-refractivity contribution in [3.05, 3.63) is 77.7 Å². The monoisotopic (exact) mass is 253 g/mol. The minimum Gasteiger partial charge on any atom is -0.383 e. The first-order chi connectivity index (χ1) is 9.27. The fraction of sp³-hybridized carbons (Fsp3) is 0.0625. The summed E-state index contributed by atoms with van der Waals surface area (Å²) >= 11 is 0. The Balaban J connectivity index is 2.17. The van der Waals surface area contributed by atoms with Gasteiger partial charge in [-0.1, -0.05) is 42.5 Å². The minimum absolute atomic E-state index is 0.264. The van der Waals surface area contributed by atoms with Gasteiger partial charge < -0.3 is 5.11 Å². The Labute approximate surface area is 110 Å². The molecule has 1 atom stereocenters. The summed E-state index contributed by atoms with van der Waals surface area (Å²) in [4.78, 5) is 4.27. The number of hydrogen-bond donors (Lipinski definition) is 1. The third kappa shape index (κ3) is 2.09. The molecule has 1 aromatic heterocycles. The van der Waals surface area contributed by atoms with Gasteiger partial charge in [0.25, 0.3) is 0 Å². The van der Waals surface area contributed by atoms with Crippen LogP contribution in [0.15, 0.2) is 60.8 Å². The molecule has 0 spiro atoms. The molecule has 94 valence electrons. The second-order valence-electron chi connectivity index (χ2n) is 4.35. The maximum Gasteiger partial charge on any atom is 0.129 e. The number of benzene rings is 2. The van der Waals surface area contributed by atoms with Crippen LogP contribution in [0.3, 0.4) is 0 Å². The summed E-state index contributed by atoms with van der Waals surface area (Å²) in [6.07, 6.45) is 0.652. The van der Waals surface area contributed by atoms with Crippen molar-refractivity contribution in [1.82, 2.24) is 4.98 Å². The van der Waals surface area contributed by atoms with Gasteiger partial charge in [0.2, 0.25) is 0 Å². The Hall–Kier alpha value is -2.26. The van der Waals surface area contributed by atoms with Crippen molar-refractivity contribution < 1.29 is 9.50 Å². The van der Waals surface area contributed by atoms with Crippen molar-refractivity contribution in [1.29, 1.82) is 0 Å². The third-order valence-electron chi connectivity index (χ3n) is 3.16. The van der Waals surface area contributed by atoms with Crippen molar-refractivity contribution in [2.24, 2.45) is 0 Å². The molecule has 0 saturated heterocycles. The fourth-order valence-corrected chi connectivity index (χ4v) is 2.21. The van der Waals surface area contributed by atoms with Crippen LogP contribution < -0.4 is 0 Å². The van der Waals surface area contributed by atoms with Crippen molar-refractivity contribution >= 4 is 10.9 Å². The molecule has 2 aromatic carbocycles. The van der Waals surface area contributed by atoms with E-state index < -0.39 is 11.9 Å². The molecule has 0 radical (unpaired) electrons. The van der Waals surface area contributed by atoms with E-state index in [0.29, 0.717) is 11.1 Å². The summed E-state index contributed by atoms with van der Waals surface area (Å²) < 4.78 is 13.7. The molecule has 0 aliphatic heterocycles. The SMILES string of the molecule is OC(c1ccccc1F)c1cccc2cccnc12. The maximum absolute atomic E-state index is 13.7. The molecule has 3 rings (SSSR count). The van der Waals surface area contributed by atoms with Gasteiger partial charge in [-0.05, 0) is 12.1 Å². The first-order valence-corrected chi connectivity index (χ1v) is 6.03. The average molecular weight is 253 g/mol. The zero-order valence-corrected chi connectivity index (χ0v) is 10.1. The summed E-state index contributed by atoms with van der Waals surface area (Å²) in [6.45, 7) is 0. The number of rotatable bonds is 2. The number of aliphatic hydroxyl groups excluding tert-OH is 1. The van der Waals surface area contributed by atoms with Crippen LogP contribution >= 0.6 is 0 Å². The number of pyridine rings is 1. The number of halogens is 1. The molecule has 19 heavy (non-hydrogen) atoms. The van der Waals surface area contributed by atoms with Gasteiger partial charge in [-0.25, -0.2) is 4.39 Å². The number of aliphatic hydroxyl groups is 1. The van der Waals surface area contributed by atoms with Gasteiger partial charge in [0.1, 0.15) is 11.9 Å². The molecule has 2 nitrogen and oxygen atoms in total. The normalized spacial score (nSPS) is 12.5.